The molecular formula is C14H26N2O. The van der Waals surface area contributed by atoms with Crippen molar-refractivity contribution in [1.29, 1.82) is 0 Å². The molecule has 1 aromatic heterocycles. The van der Waals surface area contributed by atoms with E-state index in [9.17, 15) is 0 Å². The molecule has 1 N–H and O–H groups in total. The minimum absolute atomic E-state index is 0.545. The van der Waals surface area contributed by atoms with Crippen molar-refractivity contribution >= 4 is 0 Å². The van der Waals surface area contributed by atoms with Crippen LogP contribution in [-0.4, -0.2) is 11.0 Å². The van der Waals surface area contributed by atoms with Gasteiger partial charge in [-0.05, 0) is 13.3 Å². The lowest BCUT2D eigenvalue weighted by atomic mass is 10.1. The number of hydrogen-bond donors (Lipinski definition) is 1. The third-order valence-electron chi connectivity index (χ3n) is 3.04. The van der Waals surface area contributed by atoms with E-state index in [1.165, 1.54) is 32.1 Å². The topological polar surface area (TPSA) is 38.1 Å². The Kier molecular flexibility index (Phi) is 6.94. The van der Waals surface area contributed by atoms with Gasteiger partial charge in [-0.1, -0.05) is 39.5 Å². The summed E-state index contributed by atoms with van der Waals surface area (Å²) in [5.41, 5.74) is 0. The van der Waals surface area contributed by atoms with Crippen LogP contribution in [0.3, 0.4) is 0 Å². The molecule has 0 saturated heterocycles. The SMILES string of the molecule is CCCCCCC(C)NCc1ncc(CC)o1. The quantitative estimate of drug-likeness (QED) is 0.667. The Balaban J connectivity index is 2.12. The fraction of sp³-hybridized carbons (Fsp3) is 0.786. The number of aryl methyl sites for hydroxylation is 1. The van der Waals surface area contributed by atoms with Gasteiger partial charge in [-0.2, -0.15) is 0 Å². The smallest absolute Gasteiger partial charge is 0.208 e. The Morgan fingerprint density at radius 3 is 2.76 bits per heavy atom. The summed E-state index contributed by atoms with van der Waals surface area (Å²) in [6.07, 6.45) is 9.30. The van der Waals surface area contributed by atoms with E-state index >= 15 is 0 Å². The van der Waals surface area contributed by atoms with Gasteiger partial charge in [0, 0.05) is 12.5 Å². The van der Waals surface area contributed by atoms with Gasteiger partial charge in [-0.15, -0.1) is 0 Å². The Labute approximate surface area is 105 Å². The zero-order chi connectivity index (χ0) is 12.5. The van der Waals surface area contributed by atoms with Crippen LogP contribution in [-0.2, 0) is 13.0 Å². The molecule has 0 radical (unpaired) electrons. The summed E-state index contributed by atoms with van der Waals surface area (Å²) in [7, 11) is 0. The molecule has 0 fully saturated rings. The molecule has 0 aliphatic carbocycles. The van der Waals surface area contributed by atoms with Gasteiger partial charge in [0.25, 0.3) is 0 Å². The second-order valence-corrected chi connectivity index (χ2v) is 4.71. The average Bonchev–Trinajstić information content (AvgIpc) is 2.80. The molecule has 1 aromatic rings. The third kappa shape index (κ3) is 5.87. The Hall–Kier alpha value is -0.830. The van der Waals surface area contributed by atoms with Gasteiger partial charge in [0.2, 0.25) is 5.89 Å². The molecule has 17 heavy (non-hydrogen) atoms. The van der Waals surface area contributed by atoms with Gasteiger partial charge >= 0.3 is 0 Å². The van der Waals surface area contributed by atoms with E-state index in [0.717, 1.165) is 24.6 Å². The molecule has 3 heteroatoms. The minimum Gasteiger partial charge on any atom is -0.444 e. The Morgan fingerprint density at radius 1 is 1.29 bits per heavy atom. The predicted octanol–water partition coefficient (Wildman–Crippen LogP) is 3.69. The molecule has 0 bridgehead atoms. The molecule has 0 aromatic carbocycles. The van der Waals surface area contributed by atoms with Crippen LogP contribution < -0.4 is 5.32 Å². The van der Waals surface area contributed by atoms with E-state index in [0.29, 0.717) is 6.04 Å². The summed E-state index contributed by atoms with van der Waals surface area (Å²) in [5.74, 6) is 1.78. The first-order valence-electron chi connectivity index (χ1n) is 6.93. The third-order valence-corrected chi connectivity index (χ3v) is 3.04. The lowest BCUT2D eigenvalue weighted by Crippen LogP contribution is -2.25. The van der Waals surface area contributed by atoms with E-state index in [1.807, 2.05) is 6.20 Å². The molecule has 1 rings (SSSR count). The molecular weight excluding hydrogens is 212 g/mol. The van der Waals surface area contributed by atoms with Crippen LogP contribution in [0.15, 0.2) is 10.6 Å². The van der Waals surface area contributed by atoms with E-state index in [2.05, 4.69) is 31.1 Å². The highest BCUT2D eigenvalue weighted by atomic mass is 16.4. The van der Waals surface area contributed by atoms with E-state index in [1.54, 1.807) is 0 Å². The molecule has 1 heterocycles. The second kappa shape index (κ2) is 8.29. The van der Waals surface area contributed by atoms with Crippen LogP contribution in [0.25, 0.3) is 0 Å². The lowest BCUT2D eigenvalue weighted by molar-refractivity contribution is 0.408. The fourth-order valence-electron chi connectivity index (χ4n) is 1.83. The van der Waals surface area contributed by atoms with Crippen LogP contribution in [0.4, 0.5) is 0 Å². The predicted molar refractivity (Wildman–Crippen MR) is 70.9 cm³/mol. The zero-order valence-corrected chi connectivity index (χ0v) is 11.5. The van der Waals surface area contributed by atoms with Crippen molar-refractivity contribution in [3.8, 4) is 0 Å². The van der Waals surface area contributed by atoms with Gasteiger partial charge in [0.1, 0.15) is 5.76 Å². The first-order chi connectivity index (χ1) is 8.26. The van der Waals surface area contributed by atoms with E-state index in [-0.39, 0.29) is 0 Å². The van der Waals surface area contributed by atoms with Crippen LogP contribution in [0.1, 0.15) is 64.5 Å². The largest absolute Gasteiger partial charge is 0.444 e. The molecule has 0 saturated carbocycles. The van der Waals surface area contributed by atoms with Gasteiger partial charge in [0.05, 0.1) is 12.7 Å². The number of aromatic nitrogens is 1. The molecule has 1 unspecified atom stereocenters. The normalized spacial score (nSPS) is 12.9. The van der Waals surface area contributed by atoms with Gasteiger partial charge in [-0.3, -0.25) is 0 Å². The molecule has 0 amide bonds. The highest BCUT2D eigenvalue weighted by Gasteiger charge is 2.05. The van der Waals surface area contributed by atoms with Gasteiger partial charge in [-0.25, -0.2) is 4.98 Å². The Morgan fingerprint density at radius 2 is 2.12 bits per heavy atom. The monoisotopic (exact) mass is 238 g/mol. The summed E-state index contributed by atoms with van der Waals surface area (Å²) in [5, 5.41) is 3.46. The van der Waals surface area contributed by atoms with Crippen LogP contribution in [0.5, 0.6) is 0 Å². The number of rotatable bonds is 9. The number of oxazole rings is 1. The molecule has 98 valence electrons. The maximum Gasteiger partial charge on any atom is 0.208 e. The zero-order valence-electron chi connectivity index (χ0n) is 11.5. The number of nitrogens with zero attached hydrogens (tertiary/aromatic N) is 1. The lowest BCUT2D eigenvalue weighted by Gasteiger charge is -2.11. The summed E-state index contributed by atoms with van der Waals surface area (Å²) >= 11 is 0. The van der Waals surface area contributed by atoms with E-state index < -0.39 is 0 Å². The number of nitrogens with one attached hydrogen (secondary N) is 1. The van der Waals surface area contributed by atoms with Crippen molar-refractivity contribution in [3.05, 3.63) is 17.8 Å². The molecule has 0 aliphatic heterocycles. The molecule has 3 nitrogen and oxygen atoms in total. The van der Waals surface area contributed by atoms with E-state index in [4.69, 9.17) is 4.42 Å². The highest BCUT2D eigenvalue weighted by molar-refractivity contribution is 4.93. The molecule has 0 spiro atoms. The standard InChI is InChI=1S/C14H26N2O/c1-4-6-7-8-9-12(3)15-11-14-16-10-13(5-2)17-14/h10,12,15H,4-9,11H2,1-3H3. The summed E-state index contributed by atoms with van der Waals surface area (Å²) in [6, 6.07) is 0.545. The minimum atomic E-state index is 0.545. The second-order valence-electron chi connectivity index (χ2n) is 4.71. The van der Waals surface area contributed by atoms with Gasteiger partial charge < -0.3 is 9.73 Å². The highest BCUT2D eigenvalue weighted by Crippen LogP contribution is 2.07. The van der Waals surface area contributed by atoms with Crippen LogP contribution in [0.2, 0.25) is 0 Å². The molecule has 1 atom stereocenters. The van der Waals surface area contributed by atoms with Crippen LogP contribution in [0, 0.1) is 0 Å². The fourth-order valence-corrected chi connectivity index (χ4v) is 1.83. The van der Waals surface area contributed by atoms with Crippen molar-refractivity contribution in [2.24, 2.45) is 0 Å². The van der Waals surface area contributed by atoms with Crippen molar-refractivity contribution in [2.45, 2.75) is 71.9 Å². The maximum atomic E-state index is 5.55. The van der Waals surface area contributed by atoms with Crippen LogP contribution >= 0.6 is 0 Å². The first-order valence-corrected chi connectivity index (χ1v) is 6.93. The maximum absolute atomic E-state index is 5.55. The average molecular weight is 238 g/mol. The molecule has 0 aliphatic rings. The van der Waals surface area contributed by atoms with Crippen molar-refractivity contribution in [1.82, 2.24) is 10.3 Å². The number of unbranched alkanes of at least 4 members (excludes halogenated alkanes) is 3. The number of hydrogen-bond acceptors (Lipinski definition) is 3. The Bertz CT molecular complexity index is 296. The van der Waals surface area contributed by atoms with Crippen molar-refractivity contribution in [2.75, 3.05) is 0 Å². The van der Waals surface area contributed by atoms with Crippen molar-refractivity contribution in [3.63, 3.8) is 0 Å². The summed E-state index contributed by atoms with van der Waals surface area (Å²) < 4.78 is 5.55. The summed E-state index contributed by atoms with van der Waals surface area (Å²) in [4.78, 5) is 4.24. The van der Waals surface area contributed by atoms with Crippen molar-refractivity contribution < 1.29 is 4.42 Å². The van der Waals surface area contributed by atoms with Gasteiger partial charge in [0.15, 0.2) is 0 Å². The summed E-state index contributed by atoms with van der Waals surface area (Å²) in [6.45, 7) is 7.30. The first kappa shape index (κ1) is 14.2.